The summed E-state index contributed by atoms with van der Waals surface area (Å²) in [6.45, 7) is 10.2. The Morgan fingerprint density at radius 2 is 1.81 bits per heavy atom. The second-order valence-corrected chi connectivity index (χ2v) is 9.49. The molecule has 122 valence electrons. The number of aliphatic hydroxyl groups excluding tert-OH is 1. The van der Waals surface area contributed by atoms with E-state index < -0.39 is 0 Å². The maximum atomic E-state index is 10.0. The quantitative estimate of drug-likeness (QED) is 0.734. The Bertz CT molecular complexity index is 376. The van der Waals surface area contributed by atoms with E-state index in [1.54, 1.807) is 0 Å². The largest absolute Gasteiger partial charge is 0.396 e. The fourth-order valence-corrected chi connectivity index (χ4v) is 6.80. The van der Waals surface area contributed by atoms with Gasteiger partial charge in [-0.25, -0.2) is 0 Å². The summed E-state index contributed by atoms with van der Waals surface area (Å²) in [5, 5.41) is 10.0. The van der Waals surface area contributed by atoms with Crippen molar-refractivity contribution in [1.29, 1.82) is 0 Å². The lowest BCUT2D eigenvalue weighted by Crippen LogP contribution is -2.54. The van der Waals surface area contributed by atoms with Crippen molar-refractivity contribution in [1.82, 2.24) is 0 Å². The molecule has 6 atom stereocenters. The molecule has 3 saturated carbocycles. The number of rotatable bonds is 2. The van der Waals surface area contributed by atoms with Crippen LogP contribution in [0.3, 0.4) is 0 Å². The average Bonchev–Trinajstić information content (AvgIpc) is 2.46. The molecule has 0 aromatic rings. The number of hydrogen-bond donors (Lipinski definition) is 1. The summed E-state index contributed by atoms with van der Waals surface area (Å²) in [6, 6.07) is 0. The van der Waals surface area contributed by atoms with Gasteiger partial charge in [-0.2, -0.15) is 0 Å². The van der Waals surface area contributed by atoms with Gasteiger partial charge in [-0.15, -0.1) is 0 Å². The second kappa shape index (κ2) is 5.55. The summed E-state index contributed by atoms with van der Waals surface area (Å²) in [5.41, 5.74) is 0.716. The van der Waals surface area contributed by atoms with Crippen molar-refractivity contribution in [2.24, 2.45) is 40.4 Å². The Hall–Kier alpha value is -0.0400. The maximum absolute atomic E-state index is 10.0. The Morgan fingerprint density at radius 3 is 2.48 bits per heavy atom. The van der Waals surface area contributed by atoms with Gasteiger partial charge in [-0.05, 0) is 85.4 Å². The Morgan fingerprint density at radius 1 is 1.05 bits per heavy atom. The smallest absolute Gasteiger partial charge is 0.0487 e. The van der Waals surface area contributed by atoms with Gasteiger partial charge in [0.1, 0.15) is 0 Å². The summed E-state index contributed by atoms with van der Waals surface area (Å²) < 4.78 is 0. The summed E-state index contributed by atoms with van der Waals surface area (Å²) in [4.78, 5) is 0. The normalized spacial score (nSPS) is 50.6. The minimum atomic E-state index is 0.201. The van der Waals surface area contributed by atoms with Crippen molar-refractivity contribution in [3.63, 3.8) is 0 Å². The third kappa shape index (κ3) is 2.48. The predicted molar refractivity (Wildman–Crippen MR) is 89.0 cm³/mol. The fourth-order valence-electron chi connectivity index (χ4n) is 6.80. The first kappa shape index (κ1) is 15.8. The molecule has 1 nitrogen and oxygen atoms in total. The molecule has 0 amide bonds. The van der Waals surface area contributed by atoms with Gasteiger partial charge >= 0.3 is 0 Å². The highest BCUT2D eigenvalue weighted by Gasteiger charge is 2.56. The topological polar surface area (TPSA) is 20.2 Å². The van der Waals surface area contributed by atoms with Crippen molar-refractivity contribution in [2.75, 3.05) is 6.61 Å². The molecule has 0 spiro atoms. The molecule has 1 N–H and O–H groups in total. The minimum absolute atomic E-state index is 0.201. The molecule has 21 heavy (non-hydrogen) atoms. The molecule has 2 unspecified atom stereocenters. The highest BCUT2D eigenvalue weighted by molar-refractivity contribution is 5.05. The number of hydrogen-bond acceptors (Lipinski definition) is 1. The van der Waals surface area contributed by atoms with Crippen LogP contribution in [0.5, 0.6) is 0 Å². The van der Waals surface area contributed by atoms with Crippen molar-refractivity contribution in [3.8, 4) is 0 Å². The van der Waals surface area contributed by atoms with E-state index in [9.17, 15) is 5.11 Å². The van der Waals surface area contributed by atoms with Gasteiger partial charge in [0, 0.05) is 6.61 Å². The molecule has 0 saturated heterocycles. The standard InChI is InChI=1S/C20H36O/c1-14(2)15-6-8-17-16(12-15)7-9-18-19(3,13-21)10-5-11-20(17,18)4/h14-18,21H,5-13H2,1-4H3/t15?,16?,17-,18-,19-,20-/m0/s1. The van der Waals surface area contributed by atoms with E-state index in [2.05, 4.69) is 27.7 Å². The van der Waals surface area contributed by atoms with Crippen LogP contribution in [0.15, 0.2) is 0 Å². The SMILES string of the molecule is CC(C)C1CC[C@H]2C(CC[C@H]3[C@](C)(CO)CCC[C@@]23C)C1. The Kier molecular flexibility index (Phi) is 4.19. The molecule has 3 rings (SSSR count). The molecule has 0 aromatic carbocycles. The van der Waals surface area contributed by atoms with E-state index in [4.69, 9.17) is 0 Å². The molecule has 3 aliphatic rings. The van der Waals surface area contributed by atoms with Gasteiger partial charge < -0.3 is 5.11 Å². The molecule has 3 aliphatic carbocycles. The second-order valence-electron chi connectivity index (χ2n) is 9.49. The average molecular weight is 293 g/mol. The van der Waals surface area contributed by atoms with Crippen LogP contribution in [-0.4, -0.2) is 11.7 Å². The van der Waals surface area contributed by atoms with E-state index in [0.29, 0.717) is 12.0 Å². The first-order valence-corrected chi connectivity index (χ1v) is 9.51. The van der Waals surface area contributed by atoms with Crippen molar-refractivity contribution in [3.05, 3.63) is 0 Å². The first-order valence-electron chi connectivity index (χ1n) is 9.51. The van der Waals surface area contributed by atoms with E-state index in [-0.39, 0.29) is 5.41 Å². The zero-order valence-electron chi connectivity index (χ0n) is 14.7. The monoisotopic (exact) mass is 292 g/mol. The van der Waals surface area contributed by atoms with Crippen LogP contribution in [0.2, 0.25) is 0 Å². The van der Waals surface area contributed by atoms with Crippen LogP contribution in [0.4, 0.5) is 0 Å². The Balaban J connectivity index is 1.82. The minimum Gasteiger partial charge on any atom is -0.396 e. The van der Waals surface area contributed by atoms with E-state index in [1.807, 2.05) is 0 Å². The van der Waals surface area contributed by atoms with Crippen molar-refractivity contribution >= 4 is 0 Å². The maximum Gasteiger partial charge on any atom is 0.0487 e. The third-order valence-electron chi connectivity index (χ3n) is 8.10. The van der Waals surface area contributed by atoms with Crippen LogP contribution in [0.1, 0.15) is 79.1 Å². The molecular weight excluding hydrogens is 256 g/mol. The highest BCUT2D eigenvalue weighted by atomic mass is 16.3. The summed E-state index contributed by atoms with van der Waals surface area (Å²) in [5.74, 6) is 4.52. The lowest BCUT2D eigenvalue weighted by atomic mass is 9.44. The van der Waals surface area contributed by atoms with E-state index >= 15 is 0 Å². The lowest BCUT2D eigenvalue weighted by Gasteiger charge is -2.61. The fraction of sp³-hybridized carbons (Fsp3) is 1.00. The van der Waals surface area contributed by atoms with Gasteiger partial charge in [0.25, 0.3) is 0 Å². The molecule has 0 radical (unpaired) electrons. The van der Waals surface area contributed by atoms with Gasteiger partial charge in [-0.3, -0.25) is 0 Å². The van der Waals surface area contributed by atoms with Gasteiger partial charge in [0.05, 0.1) is 0 Å². The molecule has 0 aliphatic heterocycles. The molecular formula is C20H36O. The molecule has 1 heteroatoms. The van der Waals surface area contributed by atoms with Crippen molar-refractivity contribution < 1.29 is 5.11 Å². The van der Waals surface area contributed by atoms with E-state index in [0.717, 1.165) is 29.6 Å². The zero-order chi connectivity index (χ0) is 15.3. The lowest BCUT2D eigenvalue weighted by molar-refractivity contribution is -0.135. The molecule has 0 heterocycles. The molecule has 0 aromatic heterocycles. The van der Waals surface area contributed by atoms with Crippen molar-refractivity contribution in [2.45, 2.75) is 79.1 Å². The summed E-state index contributed by atoms with van der Waals surface area (Å²) in [6.07, 6.45) is 11.2. The van der Waals surface area contributed by atoms with Crippen LogP contribution >= 0.6 is 0 Å². The molecule has 3 fully saturated rings. The van der Waals surface area contributed by atoms with Gasteiger partial charge in [0.15, 0.2) is 0 Å². The van der Waals surface area contributed by atoms with E-state index in [1.165, 1.54) is 51.4 Å². The number of fused-ring (bicyclic) bond motifs is 3. The van der Waals surface area contributed by atoms with Crippen LogP contribution < -0.4 is 0 Å². The molecule has 0 bridgehead atoms. The summed E-state index contributed by atoms with van der Waals surface area (Å²) >= 11 is 0. The van der Waals surface area contributed by atoms with Gasteiger partial charge in [-0.1, -0.05) is 34.1 Å². The highest BCUT2D eigenvalue weighted by Crippen LogP contribution is 2.64. The first-order chi connectivity index (χ1) is 9.90. The Labute approximate surface area is 131 Å². The predicted octanol–water partition coefficient (Wildman–Crippen LogP) is 5.27. The van der Waals surface area contributed by atoms with Crippen LogP contribution in [0, 0.1) is 40.4 Å². The zero-order valence-corrected chi connectivity index (χ0v) is 14.7. The van der Waals surface area contributed by atoms with Crippen LogP contribution in [0.25, 0.3) is 0 Å². The van der Waals surface area contributed by atoms with Gasteiger partial charge in [0.2, 0.25) is 0 Å². The van der Waals surface area contributed by atoms with Crippen LogP contribution in [-0.2, 0) is 0 Å². The number of aliphatic hydroxyl groups is 1. The summed E-state index contributed by atoms with van der Waals surface area (Å²) in [7, 11) is 0. The third-order valence-corrected chi connectivity index (χ3v) is 8.10.